The molecule has 11 heteroatoms. The first-order valence-electron chi connectivity index (χ1n) is 9.98. The molecule has 0 aliphatic rings. The summed E-state index contributed by atoms with van der Waals surface area (Å²) in [6, 6.07) is 8.92. The van der Waals surface area contributed by atoms with Crippen molar-refractivity contribution in [3.8, 4) is 17.2 Å². The molecule has 0 fully saturated rings. The zero-order valence-electron chi connectivity index (χ0n) is 18.1. The van der Waals surface area contributed by atoms with Crippen molar-refractivity contribution in [3.63, 3.8) is 0 Å². The number of hydrogen-bond donors (Lipinski definition) is 2. The highest BCUT2D eigenvalue weighted by Crippen LogP contribution is 2.39. The summed E-state index contributed by atoms with van der Waals surface area (Å²) in [5.74, 6) is -0.965. The van der Waals surface area contributed by atoms with Crippen molar-refractivity contribution in [1.29, 1.82) is 5.26 Å². The van der Waals surface area contributed by atoms with Gasteiger partial charge in [0.2, 0.25) is 15.9 Å². The highest BCUT2D eigenvalue weighted by Gasteiger charge is 2.47. The van der Waals surface area contributed by atoms with Crippen LogP contribution in [0.2, 0.25) is 0 Å². The molecule has 2 aromatic carbocycles. The molecule has 2 atom stereocenters. The van der Waals surface area contributed by atoms with E-state index in [1.54, 1.807) is 19.9 Å². The zero-order chi connectivity index (χ0) is 25.0. The van der Waals surface area contributed by atoms with Crippen LogP contribution in [-0.4, -0.2) is 38.0 Å². The summed E-state index contributed by atoms with van der Waals surface area (Å²) in [6.07, 6.45) is -4.67. The first-order chi connectivity index (χ1) is 15.3. The van der Waals surface area contributed by atoms with Gasteiger partial charge >= 0.3 is 6.18 Å². The van der Waals surface area contributed by atoms with Crippen LogP contribution in [-0.2, 0) is 14.8 Å². The maximum absolute atomic E-state index is 14.0. The van der Waals surface area contributed by atoms with Gasteiger partial charge in [0.05, 0.1) is 17.0 Å². The molecular weight excluding hydrogens is 457 g/mol. The third-order valence-electron chi connectivity index (χ3n) is 4.93. The molecule has 0 aliphatic heterocycles. The number of carbonyl (C=O) groups excluding carboxylic acids is 1. The standard InChI is InChI=1S/C22H25F3N4O3S/c1-14(2)13-19(27)21(30)29(12-11-26)20(22(23,24)25)17-5-3-15(4-6-17)16-7-9-18(10-8-16)33(28,31)32/h3-10,14,19-20H,12-13,27H2,1-2H3,(H2,28,31,32)/t19-,20?/m0/s1. The van der Waals surface area contributed by atoms with Crippen molar-refractivity contribution in [2.45, 2.75) is 43.4 Å². The molecule has 0 heterocycles. The minimum Gasteiger partial charge on any atom is -0.320 e. The third-order valence-corrected chi connectivity index (χ3v) is 5.86. The molecule has 1 unspecified atom stereocenters. The van der Waals surface area contributed by atoms with Crippen LogP contribution in [0.3, 0.4) is 0 Å². The number of carbonyl (C=O) groups is 1. The fourth-order valence-corrected chi connectivity index (χ4v) is 3.95. The average Bonchev–Trinajstić information content (AvgIpc) is 2.71. The molecule has 4 N–H and O–H groups in total. The number of primary sulfonamides is 1. The first kappa shape index (κ1) is 26.3. The lowest BCUT2D eigenvalue weighted by atomic mass is 9.98. The van der Waals surface area contributed by atoms with Gasteiger partial charge < -0.3 is 10.6 Å². The van der Waals surface area contributed by atoms with Gasteiger partial charge in [-0.2, -0.15) is 18.4 Å². The average molecular weight is 483 g/mol. The van der Waals surface area contributed by atoms with Crippen molar-refractivity contribution >= 4 is 15.9 Å². The summed E-state index contributed by atoms with van der Waals surface area (Å²) in [6.45, 7) is 2.81. The fraction of sp³-hybridized carbons (Fsp3) is 0.364. The van der Waals surface area contributed by atoms with E-state index in [9.17, 15) is 26.4 Å². The summed E-state index contributed by atoms with van der Waals surface area (Å²) in [5.41, 5.74) is 6.68. The quantitative estimate of drug-likeness (QED) is 0.558. The maximum Gasteiger partial charge on any atom is 0.413 e. The number of hydrogen-bond acceptors (Lipinski definition) is 5. The number of nitrogens with zero attached hydrogens (tertiary/aromatic N) is 2. The van der Waals surface area contributed by atoms with Crippen molar-refractivity contribution in [1.82, 2.24) is 4.90 Å². The SMILES string of the molecule is CC(C)C[C@H](N)C(=O)N(CC#N)C(c1ccc(-c2ccc(S(N)(=O)=O)cc2)cc1)C(F)(F)F. The van der Waals surface area contributed by atoms with Crippen molar-refractivity contribution in [2.75, 3.05) is 6.54 Å². The van der Waals surface area contributed by atoms with Gasteiger partial charge in [-0.15, -0.1) is 0 Å². The van der Waals surface area contributed by atoms with E-state index in [1.807, 2.05) is 0 Å². The predicted octanol–water partition coefficient (Wildman–Crippen LogP) is 3.33. The van der Waals surface area contributed by atoms with E-state index in [4.69, 9.17) is 16.1 Å². The van der Waals surface area contributed by atoms with Gasteiger partial charge in [-0.05, 0) is 41.2 Å². The molecule has 7 nitrogen and oxygen atoms in total. The molecule has 0 aromatic heterocycles. The highest BCUT2D eigenvalue weighted by atomic mass is 32.2. The third kappa shape index (κ3) is 6.77. The Morgan fingerprint density at radius 3 is 1.94 bits per heavy atom. The van der Waals surface area contributed by atoms with Crippen LogP contribution in [0.5, 0.6) is 0 Å². The van der Waals surface area contributed by atoms with Crippen LogP contribution in [0.4, 0.5) is 13.2 Å². The minimum atomic E-state index is -4.84. The molecule has 0 saturated heterocycles. The lowest BCUT2D eigenvalue weighted by molar-refractivity contribution is -0.191. The number of alkyl halides is 3. The van der Waals surface area contributed by atoms with Gasteiger partial charge in [-0.1, -0.05) is 50.2 Å². The van der Waals surface area contributed by atoms with Crippen molar-refractivity contribution in [2.24, 2.45) is 16.8 Å². The second-order valence-electron chi connectivity index (χ2n) is 8.00. The lowest BCUT2D eigenvalue weighted by Gasteiger charge is -2.33. The molecule has 33 heavy (non-hydrogen) atoms. The van der Waals surface area contributed by atoms with Gasteiger partial charge in [0.25, 0.3) is 0 Å². The molecule has 0 aliphatic carbocycles. The second-order valence-corrected chi connectivity index (χ2v) is 9.56. The van der Waals surface area contributed by atoms with E-state index in [0.717, 1.165) is 0 Å². The molecule has 0 spiro atoms. The summed E-state index contributed by atoms with van der Waals surface area (Å²) in [7, 11) is -3.87. The van der Waals surface area contributed by atoms with Crippen molar-refractivity contribution in [3.05, 3.63) is 54.1 Å². The summed E-state index contributed by atoms with van der Waals surface area (Å²) < 4.78 is 64.9. The second kappa shape index (κ2) is 10.3. The Balaban J connectivity index is 2.42. The van der Waals surface area contributed by atoms with E-state index >= 15 is 0 Å². The van der Waals surface area contributed by atoms with E-state index in [2.05, 4.69) is 0 Å². The van der Waals surface area contributed by atoms with Crippen LogP contribution in [0, 0.1) is 17.2 Å². The van der Waals surface area contributed by atoms with E-state index in [0.29, 0.717) is 16.0 Å². The largest absolute Gasteiger partial charge is 0.413 e. The normalized spacial score (nSPS) is 13.9. The molecule has 1 amide bonds. The first-order valence-corrected chi connectivity index (χ1v) is 11.5. The Morgan fingerprint density at radius 2 is 1.55 bits per heavy atom. The molecule has 0 bridgehead atoms. The summed E-state index contributed by atoms with van der Waals surface area (Å²) in [5, 5.41) is 14.1. The molecule has 0 saturated carbocycles. The number of nitriles is 1. The van der Waals surface area contributed by atoms with Crippen LogP contribution >= 0.6 is 0 Å². The number of amides is 1. The molecule has 2 aromatic rings. The summed E-state index contributed by atoms with van der Waals surface area (Å²) >= 11 is 0. The van der Waals surface area contributed by atoms with Crippen molar-refractivity contribution < 1.29 is 26.4 Å². The fourth-order valence-electron chi connectivity index (χ4n) is 3.43. The highest BCUT2D eigenvalue weighted by molar-refractivity contribution is 7.89. The Kier molecular flexibility index (Phi) is 8.24. The molecule has 2 rings (SSSR count). The van der Waals surface area contributed by atoms with Gasteiger partial charge in [-0.25, -0.2) is 13.6 Å². The van der Waals surface area contributed by atoms with Crippen LogP contribution in [0.1, 0.15) is 31.9 Å². The van der Waals surface area contributed by atoms with E-state index in [-0.39, 0.29) is 22.8 Å². The molecular formula is C22H25F3N4O3S. The van der Waals surface area contributed by atoms with Gasteiger partial charge in [-0.3, -0.25) is 4.79 Å². The number of benzene rings is 2. The number of halogens is 3. The lowest BCUT2D eigenvalue weighted by Crippen LogP contribution is -2.49. The molecule has 178 valence electrons. The van der Waals surface area contributed by atoms with Gasteiger partial charge in [0.15, 0.2) is 6.04 Å². The number of rotatable bonds is 8. The minimum absolute atomic E-state index is 0.0165. The Bertz CT molecular complexity index is 1110. The maximum atomic E-state index is 14.0. The summed E-state index contributed by atoms with van der Waals surface area (Å²) in [4.78, 5) is 13.1. The monoisotopic (exact) mass is 482 g/mol. The zero-order valence-corrected chi connectivity index (χ0v) is 18.9. The van der Waals surface area contributed by atoms with Crippen LogP contribution in [0.25, 0.3) is 11.1 Å². The van der Waals surface area contributed by atoms with Gasteiger partial charge in [0, 0.05) is 0 Å². The van der Waals surface area contributed by atoms with Crippen LogP contribution in [0.15, 0.2) is 53.4 Å². The van der Waals surface area contributed by atoms with E-state index in [1.165, 1.54) is 48.5 Å². The number of sulfonamides is 1. The van der Waals surface area contributed by atoms with Crippen LogP contribution < -0.4 is 10.9 Å². The molecule has 0 radical (unpaired) electrons. The smallest absolute Gasteiger partial charge is 0.320 e. The Labute approximate surface area is 190 Å². The Hall–Kier alpha value is -2.94. The predicted molar refractivity (Wildman–Crippen MR) is 117 cm³/mol. The van der Waals surface area contributed by atoms with Gasteiger partial charge in [0.1, 0.15) is 6.54 Å². The topological polar surface area (TPSA) is 130 Å². The van der Waals surface area contributed by atoms with E-state index < -0.39 is 40.7 Å². The Morgan fingerprint density at radius 1 is 1.06 bits per heavy atom. The number of nitrogens with two attached hydrogens (primary N) is 2.